The first kappa shape index (κ1) is 14.6. The minimum Gasteiger partial charge on any atom is -0.325 e. The number of aromatic nitrogens is 2. The van der Waals surface area contributed by atoms with Crippen LogP contribution in [0.25, 0.3) is 11.3 Å². The Morgan fingerprint density at radius 2 is 1.86 bits per heavy atom. The van der Waals surface area contributed by atoms with Gasteiger partial charge in [-0.1, -0.05) is 31.4 Å². The van der Waals surface area contributed by atoms with Gasteiger partial charge in [0.15, 0.2) is 0 Å². The van der Waals surface area contributed by atoms with E-state index in [1.807, 2.05) is 35.2 Å². The van der Waals surface area contributed by atoms with Gasteiger partial charge in [-0.15, -0.1) is 0 Å². The van der Waals surface area contributed by atoms with Crippen LogP contribution in [0, 0.1) is 0 Å². The molecule has 0 saturated carbocycles. The predicted octanol–water partition coefficient (Wildman–Crippen LogP) is 3.87. The van der Waals surface area contributed by atoms with Gasteiger partial charge in [-0.25, -0.2) is 4.79 Å². The van der Waals surface area contributed by atoms with Crippen LogP contribution < -0.4 is 5.32 Å². The number of urea groups is 1. The molecule has 1 aromatic heterocycles. The standard InChI is InChI=1S/C17H22N4O/c22-17(21-11-4-2-1-3-5-12-21)19-15-8-6-7-14(13-15)16-9-10-18-20-16/h6-10,13H,1-5,11-12H2,(H,18,20)(H,19,22). The summed E-state index contributed by atoms with van der Waals surface area (Å²) < 4.78 is 0. The van der Waals surface area contributed by atoms with Gasteiger partial charge in [0.1, 0.15) is 0 Å². The number of likely N-dealkylation sites (tertiary alicyclic amines) is 1. The minimum absolute atomic E-state index is 0.00339. The van der Waals surface area contributed by atoms with Crippen molar-refractivity contribution in [1.29, 1.82) is 0 Å². The molecule has 116 valence electrons. The Balaban J connectivity index is 1.67. The third-order valence-electron chi connectivity index (χ3n) is 4.07. The highest BCUT2D eigenvalue weighted by Gasteiger charge is 2.14. The lowest BCUT2D eigenvalue weighted by molar-refractivity contribution is 0.206. The van der Waals surface area contributed by atoms with Gasteiger partial charge in [0.05, 0.1) is 5.69 Å². The Morgan fingerprint density at radius 3 is 2.59 bits per heavy atom. The number of nitrogens with zero attached hydrogens (tertiary/aromatic N) is 2. The Bertz CT molecular complexity index is 601. The minimum atomic E-state index is 0.00339. The molecule has 1 fully saturated rings. The van der Waals surface area contributed by atoms with E-state index in [9.17, 15) is 4.79 Å². The van der Waals surface area contributed by atoms with Crippen molar-refractivity contribution in [3.8, 4) is 11.3 Å². The maximum Gasteiger partial charge on any atom is 0.321 e. The highest BCUT2D eigenvalue weighted by atomic mass is 16.2. The van der Waals surface area contributed by atoms with Crippen molar-refractivity contribution in [3.63, 3.8) is 0 Å². The van der Waals surface area contributed by atoms with E-state index in [0.717, 1.165) is 42.9 Å². The molecule has 2 heterocycles. The van der Waals surface area contributed by atoms with Crippen LogP contribution in [-0.4, -0.2) is 34.2 Å². The van der Waals surface area contributed by atoms with Crippen molar-refractivity contribution in [3.05, 3.63) is 36.5 Å². The zero-order valence-electron chi connectivity index (χ0n) is 12.7. The average molecular weight is 298 g/mol. The number of carbonyl (C=O) groups is 1. The van der Waals surface area contributed by atoms with E-state index in [0.29, 0.717) is 0 Å². The highest BCUT2D eigenvalue weighted by Crippen LogP contribution is 2.21. The molecule has 0 aliphatic carbocycles. The van der Waals surface area contributed by atoms with Gasteiger partial charge in [0, 0.05) is 30.5 Å². The largest absolute Gasteiger partial charge is 0.325 e. The molecular weight excluding hydrogens is 276 g/mol. The van der Waals surface area contributed by atoms with Crippen molar-refractivity contribution in [2.24, 2.45) is 0 Å². The summed E-state index contributed by atoms with van der Waals surface area (Å²) in [6, 6.07) is 9.75. The summed E-state index contributed by atoms with van der Waals surface area (Å²) in [6.07, 6.45) is 7.66. The van der Waals surface area contributed by atoms with Crippen LogP contribution in [0.1, 0.15) is 32.1 Å². The van der Waals surface area contributed by atoms with Gasteiger partial charge in [-0.05, 0) is 31.0 Å². The number of hydrogen-bond donors (Lipinski definition) is 2. The number of H-pyrrole nitrogens is 1. The van der Waals surface area contributed by atoms with Crippen LogP contribution in [0.3, 0.4) is 0 Å². The summed E-state index contributed by atoms with van der Waals surface area (Å²) in [4.78, 5) is 14.4. The number of amides is 2. The Hall–Kier alpha value is -2.30. The third kappa shape index (κ3) is 3.67. The fourth-order valence-electron chi connectivity index (χ4n) is 2.83. The summed E-state index contributed by atoms with van der Waals surface area (Å²) in [7, 11) is 0. The smallest absolute Gasteiger partial charge is 0.321 e. The van der Waals surface area contributed by atoms with Gasteiger partial charge in [0.2, 0.25) is 0 Å². The molecule has 1 saturated heterocycles. The number of rotatable bonds is 2. The number of nitrogens with one attached hydrogen (secondary N) is 2. The van der Waals surface area contributed by atoms with Crippen LogP contribution in [-0.2, 0) is 0 Å². The highest BCUT2D eigenvalue weighted by molar-refractivity contribution is 5.90. The fraction of sp³-hybridized carbons (Fsp3) is 0.412. The Morgan fingerprint density at radius 1 is 1.09 bits per heavy atom. The first-order valence-corrected chi connectivity index (χ1v) is 7.99. The third-order valence-corrected chi connectivity index (χ3v) is 4.07. The van der Waals surface area contributed by atoms with Gasteiger partial charge < -0.3 is 10.2 Å². The zero-order chi connectivity index (χ0) is 15.2. The number of anilines is 1. The normalized spacial score (nSPS) is 15.9. The molecule has 2 aromatic rings. The van der Waals surface area contributed by atoms with Crippen LogP contribution >= 0.6 is 0 Å². The van der Waals surface area contributed by atoms with E-state index in [-0.39, 0.29) is 6.03 Å². The van der Waals surface area contributed by atoms with Gasteiger partial charge in [-0.3, -0.25) is 5.10 Å². The summed E-state index contributed by atoms with van der Waals surface area (Å²) >= 11 is 0. The molecule has 2 amide bonds. The maximum atomic E-state index is 12.4. The summed E-state index contributed by atoms with van der Waals surface area (Å²) in [5, 5.41) is 9.92. The molecule has 1 aromatic carbocycles. The second kappa shape index (κ2) is 7.11. The first-order valence-electron chi connectivity index (χ1n) is 7.99. The van der Waals surface area contributed by atoms with E-state index >= 15 is 0 Å². The van der Waals surface area contributed by atoms with Crippen molar-refractivity contribution >= 4 is 11.7 Å². The predicted molar refractivity (Wildman–Crippen MR) is 87.7 cm³/mol. The molecular formula is C17H22N4O. The van der Waals surface area contributed by atoms with Gasteiger partial charge in [-0.2, -0.15) is 5.10 Å². The van der Waals surface area contributed by atoms with E-state index in [2.05, 4.69) is 15.5 Å². The zero-order valence-corrected chi connectivity index (χ0v) is 12.7. The van der Waals surface area contributed by atoms with Crippen molar-refractivity contribution in [2.45, 2.75) is 32.1 Å². The molecule has 0 radical (unpaired) electrons. The van der Waals surface area contributed by atoms with Crippen molar-refractivity contribution in [1.82, 2.24) is 15.1 Å². The second-order valence-electron chi connectivity index (χ2n) is 5.74. The molecule has 0 atom stereocenters. The molecule has 0 spiro atoms. The molecule has 3 rings (SSSR count). The molecule has 1 aliphatic rings. The molecule has 5 heteroatoms. The summed E-state index contributed by atoms with van der Waals surface area (Å²) in [5.41, 5.74) is 2.78. The van der Waals surface area contributed by atoms with Crippen molar-refractivity contribution in [2.75, 3.05) is 18.4 Å². The number of benzene rings is 1. The SMILES string of the molecule is O=C(Nc1cccc(-c2ccn[nH]2)c1)N1CCCCCCC1. The first-order chi connectivity index (χ1) is 10.8. The van der Waals surface area contributed by atoms with Crippen LogP contribution in [0.5, 0.6) is 0 Å². The molecule has 0 unspecified atom stereocenters. The lowest BCUT2D eigenvalue weighted by Crippen LogP contribution is -2.37. The number of carbonyl (C=O) groups excluding carboxylic acids is 1. The van der Waals surface area contributed by atoms with E-state index in [1.54, 1.807) is 6.20 Å². The number of hydrogen-bond acceptors (Lipinski definition) is 2. The van der Waals surface area contributed by atoms with Gasteiger partial charge >= 0.3 is 6.03 Å². The molecule has 5 nitrogen and oxygen atoms in total. The average Bonchev–Trinajstić information content (AvgIpc) is 3.01. The lowest BCUT2D eigenvalue weighted by atomic mass is 10.1. The quantitative estimate of drug-likeness (QED) is 0.884. The molecule has 1 aliphatic heterocycles. The Kier molecular flexibility index (Phi) is 4.73. The van der Waals surface area contributed by atoms with Crippen LogP contribution in [0.4, 0.5) is 10.5 Å². The van der Waals surface area contributed by atoms with Gasteiger partial charge in [0.25, 0.3) is 0 Å². The maximum absolute atomic E-state index is 12.4. The van der Waals surface area contributed by atoms with E-state index in [1.165, 1.54) is 19.3 Å². The fourth-order valence-corrected chi connectivity index (χ4v) is 2.83. The summed E-state index contributed by atoms with van der Waals surface area (Å²) in [6.45, 7) is 1.71. The number of aromatic amines is 1. The topological polar surface area (TPSA) is 61.0 Å². The lowest BCUT2D eigenvalue weighted by Gasteiger charge is -2.25. The molecule has 22 heavy (non-hydrogen) atoms. The van der Waals surface area contributed by atoms with Crippen LogP contribution in [0.15, 0.2) is 36.5 Å². The monoisotopic (exact) mass is 298 g/mol. The van der Waals surface area contributed by atoms with Crippen LogP contribution in [0.2, 0.25) is 0 Å². The molecule has 0 bridgehead atoms. The Labute approximate surface area is 130 Å². The second-order valence-corrected chi connectivity index (χ2v) is 5.74. The van der Waals surface area contributed by atoms with E-state index < -0.39 is 0 Å². The van der Waals surface area contributed by atoms with E-state index in [4.69, 9.17) is 0 Å². The molecule has 2 N–H and O–H groups in total. The summed E-state index contributed by atoms with van der Waals surface area (Å²) in [5.74, 6) is 0. The van der Waals surface area contributed by atoms with Crippen molar-refractivity contribution < 1.29 is 4.79 Å².